The maximum atomic E-state index is 12.4. The molecule has 1 aliphatic rings. The summed E-state index contributed by atoms with van der Waals surface area (Å²) in [5, 5.41) is 5.74. The molecule has 1 heterocycles. The minimum Gasteiger partial charge on any atom is -0.387 e. The molecular formula is C13H17N3O2. The maximum absolute atomic E-state index is 12.4. The molecule has 0 aliphatic carbocycles. The van der Waals surface area contributed by atoms with E-state index in [1.165, 1.54) is 0 Å². The zero-order chi connectivity index (χ0) is 13.1. The maximum Gasteiger partial charge on any atom is 0.256 e. The van der Waals surface area contributed by atoms with E-state index in [9.17, 15) is 9.59 Å². The lowest BCUT2D eigenvalue weighted by molar-refractivity contribution is -0.127. The molecule has 96 valence electrons. The summed E-state index contributed by atoms with van der Waals surface area (Å²) < 4.78 is 0. The van der Waals surface area contributed by atoms with Crippen LogP contribution in [0.25, 0.3) is 0 Å². The topological polar surface area (TPSA) is 61.4 Å². The van der Waals surface area contributed by atoms with Crippen molar-refractivity contribution in [1.82, 2.24) is 10.2 Å². The quantitative estimate of drug-likeness (QED) is 0.808. The fraction of sp³-hybridized carbons (Fsp3) is 0.385. The first kappa shape index (κ1) is 12.4. The van der Waals surface area contributed by atoms with Crippen LogP contribution in [0.3, 0.4) is 0 Å². The van der Waals surface area contributed by atoms with Crippen LogP contribution in [0, 0.1) is 0 Å². The van der Waals surface area contributed by atoms with Gasteiger partial charge in [-0.05, 0) is 19.1 Å². The van der Waals surface area contributed by atoms with E-state index in [4.69, 9.17) is 0 Å². The van der Waals surface area contributed by atoms with E-state index in [-0.39, 0.29) is 11.8 Å². The molecular weight excluding hydrogens is 230 g/mol. The standard InChI is InChI=1S/C13H17N3O2/c1-9-12(17)15-7-8-16(9)13(18)10-5-3-4-6-11(10)14-2/h3-6,9,14H,7-8H2,1-2H3,(H,15,17). The van der Waals surface area contributed by atoms with Gasteiger partial charge in [-0.2, -0.15) is 0 Å². The molecule has 2 N–H and O–H groups in total. The summed E-state index contributed by atoms with van der Waals surface area (Å²) in [5.41, 5.74) is 1.38. The predicted octanol–water partition coefficient (Wildman–Crippen LogP) is 0.689. The molecule has 0 saturated carbocycles. The van der Waals surface area contributed by atoms with Crippen LogP contribution in [0.5, 0.6) is 0 Å². The number of benzene rings is 1. The Bertz CT molecular complexity index is 473. The number of carbonyl (C=O) groups is 2. The molecule has 1 atom stereocenters. The Morgan fingerprint density at radius 3 is 2.89 bits per heavy atom. The van der Waals surface area contributed by atoms with Crippen molar-refractivity contribution < 1.29 is 9.59 Å². The van der Waals surface area contributed by atoms with Gasteiger partial charge < -0.3 is 15.5 Å². The second-order valence-electron chi connectivity index (χ2n) is 4.26. The van der Waals surface area contributed by atoms with E-state index < -0.39 is 6.04 Å². The summed E-state index contributed by atoms with van der Waals surface area (Å²) in [5.74, 6) is -0.209. The molecule has 1 fully saturated rings. The van der Waals surface area contributed by atoms with E-state index >= 15 is 0 Å². The van der Waals surface area contributed by atoms with E-state index in [1.807, 2.05) is 18.2 Å². The highest BCUT2D eigenvalue weighted by molar-refractivity contribution is 6.02. The average molecular weight is 247 g/mol. The number of nitrogens with one attached hydrogen (secondary N) is 2. The van der Waals surface area contributed by atoms with Gasteiger partial charge in [-0.3, -0.25) is 9.59 Å². The van der Waals surface area contributed by atoms with Gasteiger partial charge in [0.25, 0.3) is 5.91 Å². The number of rotatable bonds is 2. The fourth-order valence-electron chi connectivity index (χ4n) is 2.10. The Kier molecular flexibility index (Phi) is 3.50. The minimum atomic E-state index is -0.420. The number of piperazine rings is 1. The van der Waals surface area contributed by atoms with Crippen LogP contribution in [0.2, 0.25) is 0 Å². The van der Waals surface area contributed by atoms with Gasteiger partial charge in [0.1, 0.15) is 6.04 Å². The summed E-state index contributed by atoms with van der Waals surface area (Å²) in [7, 11) is 1.78. The highest BCUT2D eigenvalue weighted by Gasteiger charge is 2.30. The number of nitrogens with zero attached hydrogens (tertiary/aromatic N) is 1. The summed E-state index contributed by atoms with van der Waals surface area (Å²) in [6.07, 6.45) is 0. The van der Waals surface area contributed by atoms with E-state index in [2.05, 4.69) is 10.6 Å². The molecule has 2 rings (SSSR count). The van der Waals surface area contributed by atoms with Crippen LogP contribution in [0.1, 0.15) is 17.3 Å². The Hall–Kier alpha value is -2.04. The third kappa shape index (κ3) is 2.16. The Morgan fingerprint density at radius 2 is 2.17 bits per heavy atom. The van der Waals surface area contributed by atoms with Crippen LogP contribution in [0.4, 0.5) is 5.69 Å². The molecule has 5 heteroatoms. The molecule has 0 spiro atoms. The smallest absolute Gasteiger partial charge is 0.256 e. The van der Waals surface area contributed by atoms with Gasteiger partial charge in [-0.1, -0.05) is 12.1 Å². The number of hydrogen-bond donors (Lipinski definition) is 2. The van der Waals surface area contributed by atoms with E-state index in [0.29, 0.717) is 18.7 Å². The second-order valence-corrected chi connectivity index (χ2v) is 4.26. The second kappa shape index (κ2) is 5.08. The van der Waals surface area contributed by atoms with Gasteiger partial charge >= 0.3 is 0 Å². The van der Waals surface area contributed by atoms with Crippen LogP contribution < -0.4 is 10.6 Å². The largest absolute Gasteiger partial charge is 0.387 e. The summed E-state index contributed by atoms with van der Waals surface area (Å²) >= 11 is 0. The Balaban J connectivity index is 2.27. The first-order valence-electron chi connectivity index (χ1n) is 6.00. The predicted molar refractivity (Wildman–Crippen MR) is 69.5 cm³/mol. The number of amides is 2. The van der Waals surface area contributed by atoms with Crippen molar-refractivity contribution in [1.29, 1.82) is 0 Å². The lowest BCUT2D eigenvalue weighted by Gasteiger charge is -2.33. The Labute approximate surface area is 106 Å². The third-order valence-corrected chi connectivity index (χ3v) is 3.19. The molecule has 1 saturated heterocycles. The number of hydrogen-bond acceptors (Lipinski definition) is 3. The number of anilines is 1. The number of carbonyl (C=O) groups excluding carboxylic acids is 2. The van der Waals surface area contributed by atoms with Gasteiger partial charge in [0.2, 0.25) is 5.91 Å². The van der Waals surface area contributed by atoms with Crippen molar-refractivity contribution in [3.63, 3.8) is 0 Å². The summed E-state index contributed by atoms with van der Waals surface area (Å²) in [6, 6.07) is 6.89. The first-order valence-corrected chi connectivity index (χ1v) is 6.00. The van der Waals surface area contributed by atoms with Crippen molar-refractivity contribution in [3.8, 4) is 0 Å². The molecule has 1 aliphatic heterocycles. The van der Waals surface area contributed by atoms with Crippen molar-refractivity contribution in [2.45, 2.75) is 13.0 Å². The van der Waals surface area contributed by atoms with Crippen molar-refractivity contribution >= 4 is 17.5 Å². The molecule has 5 nitrogen and oxygen atoms in total. The highest BCUT2D eigenvalue weighted by Crippen LogP contribution is 2.18. The lowest BCUT2D eigenvalue weighted by atomic mass is 10.1. The van der Waals surface area contributed by atoms with Gasteiger partial charge in [0.05, 0.1) is 5.56 Å². The monoisotopic (exact) mass is 247 g/mol. The number of para-hydroxylation sites is 1. The first-order chi connectivity index (χ1) is 8.65. The minimum absolute atomic E-state index is 0.100. The third-order valence-electron chi connectivity index (χ3n) is 3.19. The average Bonchev–Trinajstić information content (AvgIpc) is 2.41. The van der Waals surface area contributed by atoms with Gasteiger partial charge in [-0.15, -0.1) is 0 Å². The molecule has 1 aromatic carbocycles. The molecule has 0 aromatic heterocycles. The zero-order valence-corrected chi connectivity index (χ0v) is 10.6. The van der Waals surface area contributed by atoms with Gasteiger partial charge in [0, 0.05) is 25.8 Å². The van der Waals surface area contributed by atoms with Crippen molar-refractivity contribution in [3.05, 3.63) is 29.8 Å². The Morgan fingerprint density at radius 1 is 1.44 bits per heavy atom. The molecule has 2 amide bonds. The summed E-state index contributed by atoms with van der Waals surface area (Å²) in [6.45, 7) is 2.80. The van der Waals surface area contributed by atoms with Crippen LogP contribution in [0.15, 0.2) is 24.3 Å². The molecule has 0 radical (unpaired) electrons. The van der Waals surface area contributed by atoms with Crippen LogP contribution in [-0.2, 0) is 4.79 Å². The fourth-order valence-corrected chi connectivity index (χ4v) is 2.10. The molecule has 0 bridgehead atoms. The van der Waals surface area contributed by atoms with Crippen LogP contribution in [-0.4, -0.2) is 42.9 Å². The van der Waals surface area contributed by atoms with Gasteiger partial charge in [0.15, 0.2) is 0 Å². The van der Waals surface area contributed by atoms with E-state index in [0.717, 1.165) is 5.69 Å². The van der Waals surface area contributed by atoms with Gasteiger partial charge in [-0.25, -0.2) is 0 Å². The molecule has 18 heavy (non-hydrogen) atoms. The van der Waals surface area contributed by atoms with Crippen LogP contribution >= 0.6 is 0 Å². The lowest BCUT2D eigenvalue weighted by Crippen LogP contribution is -2.55. The van der Waals surface area contributed by atoms with Crippen molar-refractivity contribution in [2.75, 3.05) is 25.5 Å². The van der Waals surface area contributed by atoms with E-state index in [1.54, 1.807) is 24.9 Å². The summed E-state index contributed by atoms with van der Waals surface area (Å²) in [4.78, 5) is 25.6. The van der Waals surface area contributed by atoms with Crippen molar-refractivity contribution in [2.24, 2.45) is 0 Å². The molecule has 1 unspecified atom stereocenters. The molecule has 1 aromatic rings. The SMILES string of the molecule is CNc1ccccc1C(=O)N1CCNC(=O)C1C. The highest BCUT2D eigenvalue weighted by atomic mass is 16.2. The zero-order valence-electron chi connectivity index (χ0n) is 10.6. The normalized spacial score (nSPS) is 19.3.